The second kappa shape index (κ2) is 15.1. The molecule has 6 atom stereocenters. The normalized spacial score (nSPS) is 26.1. The number of alkyl carbamates (subject to hydrolysis) is 1. The molecule has 1 rings (SSSR count). The molecule has 0 bridgehead atoms. The molecule has 0 aromatic carbocycles. The highest BCUT2D eigenvalue weighted by Crippen LogP contribution is 2.36. The van der Waals surface area contributed by atoms with Gasteiger partial charge in [0, 0.05) is 13.5 Å². The predicted octanol–water partition coefficient (Wildman–Crippen LogP) is -2.41. The molecule has 1 fully saturated rings. The van der Waals surface area contributed by atoms with E-state index < -0.39 is 73.6 Å². The molecule has 14 heteroatoms. The van der Waals surface area contributed by atoms with Crippen molar-refractivity contribution in [1.29, 1.82) is 0 Å². The van der Waals surface area contributed by atoms with Crippen molar-refractivity contribution >= 4 is 18.0 Å². The van der Waals surface area contributed by atoms with Gasteiger partial charge >= 0.3 is 12.1 Å². The molecule has 1 saturated heterocycles. The number of carboxylic acids is 1. The highest BCUT2D eigenvalue weighted by atomic mass is 16.6. The van der Waals surface area contributed by atoms with E-state index in [2.05, 4.69) is 10.6 Å². The Morgan fingerprint density at radius 3 is 2.37 bits per heavy atom. The molecular weight excluding hydrogens is 472 g/mol. The van der Waals surface area contributed by atoms with E-state index in [0.717, 1.165) is 0 Å². The van der Waals surface area contributed by atoms with E-state index in [1.807, 2.05) is 0 Å². The lowest BCUT2D eigenvalue weighted by atomic mass is 9.79. The van der Waals surface area contributed by atoms with Crippen molar-refractivity contribution in [3.8, 4) is 0 Å². The summed E-state index contributed by atoms with van der Waals surface area (Å²) in [5.74, 6) is -2.33. The fourth-order valence-corrected chi connectivity index (χ4v) is 3.75. The second-order valence-corrected chi connectivity index (χ2v) is 8.68. The fourth-order valence-electron chi connectivity index (χ4n) is 3.75. The second-order valence-electron chi connectivity index (χ2n) is 8.68. The highest BCUT2D eigenvalue weighted by molar-refractivity contribution is 5.82. The molecule has 1 aliphatic heterocycles. The minimum absolute atomic E-state index is 0.0128. The highest BCUT2D eigenvalue weighted by Gasteiger charge is 2.54. The molecule has 0 radical (unpaired) electrons. The quantitative estimate of drug-likeness (QED) is 0.115. The Kier molecular flexibility index (Phi) is 13.4. The van der Waals surface area contributed by atoms with Crippen LogP contribution in [0.25, 0.3) is 0 Å². The molecule has 0 aromatic heterocycles. The van der Waals surface area contributed by atoms with Crippen LogP contribution >= 0.6 is 0 Å². The van der Waals surface area contributed by atoms with Crippen LogP contribution in [0.15, 0.2) is 0 Å². The number of rotatable bonds is 15. The third-order valence-electron chi connectivity index (χ3n) is 5.33. The first-order valence-electron chi connectivity index (χ1n) is 11.3. The number of carbonyl (C=O) groups is 3. The number of methoxy groups -OCH3 is 1. The third kappa shape index (κ3) is 9.83. The van der Waals surface area contributed by atoms with Gasteiger partial charge in [0.1, 0.15) is 31.5 Å². The SMILES string of the molecule is COCCOCCOC(=O)NCC(=O)NC1C(O)CC(CC(C)C)(C(=O)O)OC1C(O)C(O)CO. The summed E-state index contributed by atoms with van der Waals surface area (Å²) < 4.78 is 20.5. The molecule has 204 valence electrons. The minimum atomic E-state index is -1.89. The van der Waals surface area contributed by atoms with Gasteiger partial charge < -0.3 is 55.1 Å². The van der Waals surface area contributed by atoms with Gasteiger partial charge in [-0.2, -0.15) is 0 Å². The van der Waals surface area contributed by atoms with Gasteiger partial charge in [-0.25, -0.2) is 9.59 Å². The lowest BCUT2D eigenvalue weighted by Gasteiger charge is -2.47. The Morgan fingerprint density at radius 2 is 1.80 bits per heavy atom. The minimum Gasteiger partial charge on any atom is -0.479 e. The zero-order valence-electron chi connectivity index (χ0n) is 20.2. The Balaban J connectivity index is 2.79. The number of carboxylic acid groups (broad SMARTS) is 1. The van der Waals surface area contributed by atoms with E-state index in [0.29, 0.717) is 13.2 Å². The summed E-state index contributed by atoms with van der Waals surface area (Å²) in [6.45, 7) is 2.85. The molecular formula is C21H38N2O12. The van der Waals surface area contributed by atoms with Crippen LogP contribution in [0.1, 0.15) is 26.7 Å². The Morgan fingerprint density at radius 1 is 1.14 bits per heavy atom. The fraction of sp³-hybridized carbons (Fsp3) is 0.857. The van der Waals surface area contributed by atoms with Gasteiger partial charge in [0.25, 0.3) is 0 Å². The smallest absolute Gasteiger partial charge is 0.407 e. The van der Waals surface area contributed by atoms with Gasteiger partial charge in [-0.3, -0.25) is 4.79 Å². The number of nitrogens with one attached hydrogen (secondary N) is 2. The average Bonchev–Trinajstić information content (AvgIpc) is 2.79. The number of aliphatic hydroxyl groups is 4. The van der Waals surface area contributed by atoms with Crippen LogP contribution in [0.3, 0.4) is 0 Å². The number of hydrogen-bond acceptors (Lipinski definition) is 11. The average molecular weight is 511 g/mol. The summed E-state index contributed by atoms with van der Waals surface area (Å²) in [4.78, 5) is 36.2. The van der Waals surface area contributed by atoms with Gasteiger partial charge in [0.15, 0.2) is 5.60 Å². The molecule has 0 aliphatic carbocycles. The summed E-state index contributed by atoms with van der Waals surface area (Å²) in [6.07, 6.45) is -7.93. The first-order valence-corrected chi connectivity index (χ1v) is 11.3. The Bertz CT molecular complexity index is 679. The van der Waals surface area contributed by atoms with E-state index in [-0.39, 0.29) is 25.6 Å². The zero-order chi connectivity index (χ0) is 26.6. The molecule has 0 aromatic rings. The van der Waals surface area contributed by atoms with Crippen LogP contribution in [0.2, 0.25) is 0 Å². The monoisotopic (exact) mass is 510 g/mol. The summed E-state index contributed by atoms with van der Waals surface area (Å²) in [7, 11) is 1.52. The van der Waals surface area contributed by atoms with Crippen molar-refractivity contribution in [2.45, 2.75) is 62.7 Å². The summed E-state index contributed by atoms with van der Waals surface area (Å²) in [6, 6.07) is -1.34. The van der Waals surface area contributed by atoms with Gasteiger partial charge in [-0.15, -0.1) is 0 Å². The van der Waals surface area contributed by atoms with Gasteiger partial charge in [0.05, 0.1) is 38.6 Å². The van der Waals surface area contributed by atoms with E-state index >= 15 is 0 Å². The van der Waals surface area contributed by atoms with Gasteiger partial charge in [-0.05, 0) is 12.3 Å². The van der Waals surface area contributed by atoms with E-state index in [4.69, 9.17) is 18.9 Å². The van der Waals surface area contributed by atoms with Crippen molar-refractivity contribution in [3.05, 3.63) is 0 Å². The molecule has 0 spiro atoms. The predicted molar refractivity (Wildman–Crippen MR) is 118 cm³/mol. The lowest BCUT2D eigenvalue weighted by Crippen LogP contribution is -2.68. The van der Waals surface area contributed by atoms with Crippen LogP contribution in [-0.2, 0) is 28.5 Å². The molecule has 0 saturated carbocycles. The van der Waals surface area contributed by atoms with Crippen LogP contribution in [0.5, 0.6) is 0 Å². The van der Waals surface area contributed by atoms with Gasteiger partial charge in [0.2, 0.25) is 5.91 Å². The summed E-state index contributed by atoms with van der Waals surface area (Å²) in [5.41, 5.74) is -1.89. The number of carbonyl (C=O) groups excluding carboxylic acids is 2. The molecule has 35 heavy (non-hydrogen) atoms. The molecule has 2 amide bonds. The van der Waals surface area contributed by atoms with Crippen molar-refractivity contribution < 1.29 is 58.9 Å². The van der Waals surface area contributed by atoms with Crippen molar-refractivity contribution in [2.75, 3.05) is 46.7 Å². The largest absolute Gasteiger partial charge is 0.479 e. The maximum atomic E-state index is 12.4. The molecule has 7 N–H and O–H groups in total. The number of aliphatic carboxylic acids is 1. The number of amides is 2. The molecule has 6 unspecified atom stereocenters. The summed E-state index contributed by atoms with van der Waals surface area (Å²) >= 11 is 0. The standard InChI is InChI=1S/C21H38N2O12/c1-12(2)8-21(19(29)30)9-13(25)16(18(35-21)17(28)14(26)11-24)23-15(27)10-22-20(31)34-7-6-33-5-4-32-3/h12-14,16-18,24-26,28H,4-11H2,1-3H3,(H,22,31)(H,23,27)(H,29,30). The molecule has 14 nitrogen and oxygen atoms in total. The van der Waals surface area contributed by atoms with E-state index in [1.165, 1.54) is 7.11 Å². The Hall–Kier alpha value is -2.07. The molecule has 1 aliphatic rings. The van der Waals surface area contributed by atoms with Crippen LogP contribution in [0, 0.1) is 5.92 Å². The number of aliphatic hydroxyl groups excluding tert-OH is 4. The van der Waals surface area contributed by atoms with Crippen molar-refractivity contribution in [2.24, 2.45) is 5.92 Å². The van der Waals surface area contributed by atoms with Crippen LogP contribution < -0.4 is 10.6 Å². The maximum Gasteiger partial charge on any atom is 0.407 e. The Labute approximate surface area is 203 Å². The van der Waals surface area contributed by atoms with E-state index in [9.17, 15) is 39.9 Å². The van der Waals surface area contributed by atoms with Crippen LogP contribution in [-0.4, -0.2) is 126 Å². The topological polar surface area (TPSA) is 213 Å². The van der Waals surface area contributed by atoms with Gasteiger partial charge in [-0.1, -0.05) is 13.8 Å². The molecule has 1 heterocycles. The van der Waals surface area contributed by atoms with Crippen molar-refractivity contribution in [3.63, 3.8) is 0 Å². The zero-order valence-corrected chi connectivity index (χ0v) is 20.2. The lowest BCUT2D eigenvalue weighted by molar-refractivity contribution is -0.233. The first kappa shape index (κ1) is 31.0. The summed E-state index contributed by atoms with van der Waals surface area (Å²) in [5, 5.41) is 54.7. The maximum absolute atomic E-state index is 12.4. The number of hydrogen-bond donors (Lipinski definition) is 7. The first-order chi connectivity index (χ1) is 16.5. The van der Waals surface area contributed by atoms with Crippen molar-refractivity contribution in [1.82, 2.24) is 10.6 Å². The third-order valence-corrected chi connectivity index (χ3v) is 5.33. The van der Waals surface area contributed by atoms with E-state index in [1.54, 1.807) is 13.8 Å². The van der Waals surface area contributed by atoms with Crippen LogP contribution in [0.4, 0.5) is 4.79 Å². The number of ether oxygens (including phenoxy) is 4.